The van der Waals surface area contributed by atoms with E-state index in [1.165, 1.54) is 0 Å². The Labute approximate surface area is 127 Å². The lowest BCUT2D eigenvalue weighted by Crippen LogP contribution is -2.44. The van der Waals surface area contributed by atoms with Crippen LogP contribution in [-0.2, 0) is 10.0 Å². The lowest BCUT2D eigenvalue weighted by atomic mass is 10.0. The van der Waals surface area contributed by atoms with Gasteiger partial charge in [-0.05, 0) is 51.2 Å². The first-order valence-electron chi connectivity index (χ1n) is 7.58. The molecule has 0 amide bonds. The fraction of sp³-hybridized carbons (Fsp3) is 0.625. The molecule has 0 aromatic heterocycles. The summed E-state index contributed by atoms with van der Waals surface area (Å²) in [5, 5.41) is 9.20. The molecule has 1 aliphatic heterocycles. The first kappa shape index (κ1) is 16.5. The minimum Gasteiger partial charge on any atom is -0.396 e. The number of aliphatic hydroxyl groups is 1. The maximum absolute atomic E-state index is 13.1. The van der Waals surface area contributed by atoms with E-state index in [-0.39, 0.29) is 12.6 Å². The molecule has 118 valence electrons. The molecule has 21 heavy (non-hydrogen) atoms. The third kappa shape index (κ3) is 3.30. The van der Waals surface area contributed by atoms with Crippen molar-refractivity contribution < 1.29 is 13.5 Å². The molecular formula is C16H25NO3S. The molecule has 1 N–H and O–H groups in total. The Kier molecular flexibility index (Phi) is 5.07. The number of rotatable bonds is 4. The van der Waals surface area contributed by atoms with Crippen molar-refractivity contribution >= 4 is 10.0 Å². The molecule has 1 unspecified atom stereocenters. The van der Waals surface area contributed by atoms with E-state index in [9.17, 15) is 13.5 Å². The van der Waals surface area contributed by atoms with Crippen LogP contribution in [0.1, 0.15) is 42.4 Å². The van der Waals surface area contributed by atoms with Crippen molar-refractivity contribution in [3.63, 3.8) is 0 Å². The quantitative estimate of drug-likeness (QED) is 0.929. The Bertz CT molecular complexity index is 585. The van der Waals surface area contributed by atoms with Gasteiger partial charge in [-0.1, -0.05) is 24.1 Å². The number of hydrogen-bond acceptors (Lipinski definition) is 3. The van der Waals surface area contributed by atoms with Gasteiger partial charge in [0.1, 0.15) is 0 Å². The van der Waals surface area contributed by atoms with Crippen LogP contribution in [0.5, 0.6) is 0 Å². The predicted molar refractivity (Wildman–Crippen MR) is 83.9 cm³/mol. The van der Waals surface area contributed by atoms with Crippen LogP contribution >= 0.6 is 0 Å². The summed E-state index contributed by atoms with van der Waals surface area (Å²) in [6.45, 7) is 6.28. The van der Waals surface area contributed by atoms with Crippen molar-refractivity contribution in [3.8, 4) is 0 Å². The van der Waals surface area contributed by atoms with Gasteiger partial charge in [-0.2, -0.15) is 4.31 Å². The molecular weight excluding hydrogens is 286 g/mol. The molecule has 1 aliphatic rings. The second-order valence-corrected chi connectivity index (χ2v) is 7.83. The predicted octanol–water partition coefficient (Wildman–Crippen LogP) is 2.54. The largest absolute Gasteiger partial charge is 0.396 e. The molecule has 0 radical (unpaired) electrons. The highest BCUT2D eigenvalue weighted by molar-refractivity contribution is 7.89. The van der Waals surface area contributed by atoms with Gasteiger partial charge in [0.05, 0.1) is 4.90 Å². The number of hydrogen-bond donors (Lipinski definition) is 1. The minimum atomic E-state index is -3.49. The highest BCUT2D eigenvalue weighted by atomic mass is 32.2. The summed E-state index contributed by atoms with van der Waals surface area (Å²) >= 11 is 0. The van der Waals surface area contributed by atoms with Gasteiger partial charge in [0.2, 0.25) is 10.0 Å². The molecule has 0 spiro atoms. The number of benzene rings is 1. The van der Waals surface area contributed by atoms with E-state index in [0.29, 0.717) is 17.9 Å². The second kappa shape index (κ2) is 6.46. The molecule has 0 bridgehead atoms. The Morgan fingerprint density at radius 1 is 1.19 bits per heavy atom. The van der Waals surface area contributed by atoms with Crippen molar-refractivity contribution in [2.75, 3.05) is 13.2 Å². The molecule has 2 rings (SSSR count). The molecule has 1 fully saturated rings. The zero-order chi connectivity index (χ0) is 15.6. The van der Waals surface area contributed by atoms with Gasteiger partial charge in [0.15, 0.2) is 0 Å². The number of sulfonamides is 1. The smallest absolute Gasteiger partial charge is 0.243 e. The number of nitrogens with zero attached hydrogens (tertiary/aromatic N) is 1. The fourth-order valence-corrected chi connectivity index (χ4v) is 5.56. The van der Waals surface area contributed by atoms with Crippen LogP contribution in [0.3, 0.4) is 0 Å². The summed E-state index contributed by atoms with van der Waals surface area (Å²) < 4.78 is 27.7. The van der Waals surface area contributed by atoms with Crippen LogP contribution in [0, 0.1) is 20.8 Å². The molecule has 1 saturated heterocycles. The average molecular weight is 311 g/mol. The monoisotopic (exact) mass is 311 g/mol. The van der Waals surface area contributed by atoms with Crippen molar-refractivity contribution in [2.24, 2.45) is 0 Å². The maximum Gasteiger partial charge on any atom is 0.243 e. The van der Waals surface area contributed by atoms with Crippen LogP contribution < -0.4 is 0 Å². The Morgan fingerprint density at radius 2 is 1.81 bits per heavy atom. The molecule has 1 atom stereocenters. The molecule has 5 heteroatoms. The lowest BCUT2D eigenvalue weighted by molar-refractivity contribution is 0.192. The summed E-state index contributed by atoms with van der Waals surface area (Å²) in [6.07, 6.45) is 3.28. The van der Waals surface area contributed by atoms with E-state index in [4.69, 9.17) is 0 Å². The van der Waals surface area contributed by atoms with E-state index in [2.05, 4.69) is 0 Å². The number of piperidine rings is 1. The lowest BCUT2D eigenvalue weighted by Gasteiger charge is -2.35. The molecule has 0 aliphatic carbocycles. The van der Waals surface area contributed by atoms with Gasteiger partial charge in [-0.3, -0.25) is 0 Å². The van der Waals surface area contributed by atoms with Gasteiger partial charge < -0.3 is 5.11 Å². The summed E-state index contributed by atoms with van der Waals surface area (Å²) in [5.74, 6) is 0. The average Bonchev–Trinajstić information content (AvgIpc) is 2.37. The summed E-state index contributed by atoms with van der Waals surface area (Å²) in [6, 6.07) is 3.77. The van der Waals surface area contributed by atoms with Crippen LogP contribution in [0.4, 0.5) is 0 Å². The fourth-order valence-electron chi connectivity index (χ4n) is 3.42. The highest BCUT2D eigenvalue weighted by Gasteiger charge is 2.34. The van der Waals surface area contributed by atoms with Crippen molar-refractivity contribution in [2.45, 2.75) is 57.4 Å². The van der Waals surface area contributed by atoms with Crippen molar-refractivity contribution in [1.82, 2.24) is 4.31 Å². The van der Waals surface area contributed by atoms with Gasteiger partial charge >= 0.3 is 0 Å². The summed E-state index contributed by atoms with van der Waals surface area (Å²) in [5.41, 5.74) is 2.69. The van der Waals surface area contributed by atoms with Crippen LogP contribution in [-0.4, -0.2) is 37.0 Å². The van der Waals surface area contributed by atoms with E-state index >= 15 is 0 Å². The Hall–Kier alpha value is -0.910. The van der Waals surface area contributed by atoms with Gasteiger partial charge in [0.25, 0.3) is 0 Å². The van der Waals surface area contributed by atoms with E-state index in [1.807, 2.05) is 32.9 Å². The Morgan fingerprint density at radius 3 is 2.38 bits per heavy atom. The van der Waals surface area contributed by atoms with Gasteiger partial charge in [-0.15, -0.1) is 0 Å². The van der Waals surface area contributed by atoms with E-state index in [1.54, 1.807) is 4.31 Å². The van der Waals surface area contributed by atoms with Crippen molar-refractivity contribution in [3.05, 3.63) is 28.8 Å². The SMILES string of the molecule is Cc1cc(C)c(S(=O)(=O)N2CCCCC2CCO)c(C)c1. The van der Waals surface area contributed by atoms with E-state index in [0.717, 1.165) is 36.0 Å². The topological polar surface area (TPSA) is 57.6 Å². The normalized spacial score (nSPS) is 20.7. The summed E-state index contributed by atoms with van der Waals surface area (Å²) in [7, 11) is -3.49. The van der Waals surface area contributed by atoms with E-state index < -0.39 is 10.0 Å². The standard InChI is InChI=1S/C16H25NO3S/c1-12-10-13(2)16(14(3)11-12)21(19,20)17-8-5-4-6-15(17)7-9-18/h10-11,15,18H,4-9H2,1-3H3. The summed E-state index contributed by atoms with van der Waals surface area (Å²) in [4.78, 5) is 0.443. The first-order chi connectivity index (χ1) is 9.87. The zero-order valence-corrected chi connectivity index (χ0v) is 13.9. The van der Waals surface area contributed by atoms with Crippen LogP contribution in [0.15, 0.2) is 17.0 Å². The number of aliphatic hydroxyl groups excluding tert-OH is 1. The second-order valence-electron chi connectivity index (χ2n) is 6.01. The third-order valence-electron chi connectivity index (χ3n) is 4.21. The zero-order valence-electron chi connectivity index (χ0n) is 13.1. The maximum atomic E-state index is 13.1. The number of aryl methyl sites for hydroxylation is 3. The highest BCUT2D eigenvalue weighted by Crippen LogP contribution is 2.30. The first-order valence-corrected chi connectivity index (χ1v) is 9.02. The Balaban J connectivity index is 2.45. The molecule has 0 saturated carbocycles. The molecule has 4 nitrogen and oxygen atoms in total. The van der Waals surface area contributed by atoms with Gasteiger partial charge in [0, 0.05) is 19.2 Å². The van der Waals surface area contributed by atoms with Crippen molar-refractivity contribution in [1.29, 1.82) is 0 Å². The minimum absolute atomic E-state index is 0.0303. The van der Waals surface area contributed by atoms with Crippen LogP contribution in [0.25, 0.3) is 0 Å². The third-order valence-corrected chi connectivity index (χ3v) is 6.46. The molecule has 1 aromatic rings. The van der Waals surface area contributed by atoms with Gasteiger partial charge in [-0.25, -0.2) is 8.42 Å². The van der Waals surface area contributed by atoms with Crippen LogP contribution in [0.2, 0.25) is 0 Å². The molecule has 1 heterocycles. The molecule has 1 aromatic carbocycles.